The molecule has 1 heterocycles. The number of hydrogen-bond acceptors (Lipinski definition) is 3. The molecule has 0 saturated heterocycles. The molecule has 42 valence electrons. The monoisotopic (exact) mass is 223 g/mol. The SMILES string of the molecule is O=Cc1coc(I)n1. The maximum Gasteiger partial charge on any atom is 0.257 e. The van der Waals surface area contributed by atoms with Crippen LogP contribution in [0.1, 0.15) is 10.5 Å². The number of halogens is 1. The van der Waals surface area contributed by atoms with Gasteiger partial charge in [-0.3, -0.25) is 4.79 Å². The Morgan fingerprint density at radius 1 is 1.88 bits per heavy atom. The smallest absolute Gasteiger partial charge is 0.257 e. The van der Waals surface area contributed by atoms with Crippen molar-refractivity contribution in [2.24, 2.45) is 0 Å². The van der Waals surface area contributed by atoms with E-state index >= 15 is 0 Å². The van der Waals surface area contributed by atoms with Crippen LogP contribution in [0, 0.1) is 3.90 Å². The summed E-state index contributed by atoms with van der Waals surface area (Å²) in [6.45, 7) is 0. The van der Waals surface area contributed by atoms with Gasteiger partial charge < -0.3 is 4.42 Å². The fourth-order valence-corrected chi connectivity index (χ4v) is 0.723. The van der Waals surface area contributed by atoms with Gasteiger partial charge in [0.05, 0.1) is 0 Å². The van der Waals surface area contributed by atoms with Gasteiger partial charge in [0.15, 0.2) is 6.29 Å². The number of carbonyl (C=O) groups is 1. The summed E-state index contributed by atoms with van der Waals surface area (Å²) in [6.07, 6.45) is 1.96. The van der Waals surface area contributed by atoms with Gasteiger partial charge in [-0.1, -0.05) is 0 Å². The lowest BCUT2D eigenvalue weighted by Crippen LogP contribution is -1.75. The van der Waals surface area contributed by atoms with Crippen molar-refractivity contribution in [2.45, 2.75) is 0 Å². The van der Waals surface area contributed by atoms with E-state index in [0.717, 1.165) is 0 Å². The molecule has 8 heavy (non-hydrogen) atoms. The van der Waals surface area contributed by atoms with Gasteiger partial charge in [0.2, 0.25) is 0 Å². The lowest BCUT2D eigenvalue weighted by Gasteiger charge is -1.66. The van der Waals surface area contributed by atoms with Crippen LogP contribution in [0.4, 0.5) is 0 Å². The molecule has 3 nitrogen and oxygen atoms in total. The first kappa shape index (κ1) is 5.74. The van der Waals surface area contributed by atoms with Gasteiger partial charge in [-0.15, -0.1) is 0 Å². The second-order valence-corrected chi connectivity index (χ2v) is 2.07. The summed E-state index contributed by atoms with van der Waals surface area (Å²) in [5.74, 6) is 0. The van der Waals surface area contributed by atoms with Crippen LogP contribution in [-0.4, -0.2) is 11.3 Å². The molecule has 4 heteroatoms. The topological polar surface area (TPSA) is 43.1 Å². The van der Waals surface area contributed by atoms with Gasteiger partial charge in [0, 0.05) is 22.6 Å². The second kappa shape index (κ2) is 2.25. The Kier molecular flexibility index (Phi) is 1.62. The highest BCUT2D eigenvalue weighted by molar-refractivity contribution is 14.1. The molecular formula is C4H2INO2. The summed E-state index contributed by atoms with van der Waals surface area (Å²) in [5.41, 5.74) is 0.342. The number of aromatic nitrogens is 1. The molecule has 0 bridgehead atoms. The van der Waals surface area contributed by atoms with E-state index in [1.165, 1.54) is 6.26 Å². The number of hydrogen-bond donors (Lipinski definition) is 0. The van der Waals surface area contributed by atoms with E-state index in [1.54, 1.807) is 0 Å². The minimum atomic E-state index is 0.342. The van der Waals surface area contributed by atoms with Gasteiger partial charge in [-0.2, -0.15) is 0 Å². The molecule has 0 aliphatic carbocycles. The first-order valence-corrected chi connectivity index (χ1v) is 2.97. The van der Waals surface area contributed by atoms with Crippen LogP contribution in [0.2, 0.25) is 0 Å². The largest absolute Gasteiger partial charge is 0.440 e. The summed E-state index contributed by atoms with van der Waals surface area (Å²) in [5, 5.41) is 0. The zero-order valence-electron chi connectivity index (χ0n) is 3.80. The Balaban J connectivity index is 3.00. The van der Waals surface area contributed by atoms with Crippen LogP contribution >= 0.6 is 22.6 Å². The van der Waals surface area contributed by atoms with E-state index in [1.807, 2.05) is 22.6 Å². The molecule has 0 amide bonds. The molecule has 0 spiro atoms. The molecule has 0 fully saturated rings. The zero-order chi connectivity index (χ0) is 5.98. The highest BCUT2D eigenvalue weighted by Crippen LogP contribution is 2.01. The third-order valence-electron chi connectivity index (χ3n) is 0.615. The number of nitrogens with zero attached hydrogens (tertiary/aromatic N) is 1. The number of rotatable bonds is 1. The van der Waals surface area contributed by atoms with Crippen LogP contribution in [-0.2, 0) is 0 Å². The van der Waals surface area contributed by atoms with Crippen molar-refractivity contribution >= 4 is 28.9 Å². The number of carbonyl (C=O) groups excluding carboxylic acids is 1. The molecule has 0 N–H and O–H groups in total. The molecule has 0 radical (unpaired) electrons. The summed E-state index contributed by atoms with van der Waals surface area (Å²) in [7, 11) is 0. The quantitative estimate of drug-likeness (QED) is 0.528. The van der Waals surface area contributed by atoms with Crippen molar-refractivity contribution in [1.29, 1.82) is 0 Å². The average Bonchev–Trinajstić information content (AvgIpc) is 2.14. The Morgan fingerprint density at radius 2 is 2.62 bits per heavy atom. The highest BCUT2D eigenvalue weighted by atomic mass is 127. The molecule has 0 aromatic carbocycles. The molecule has 0 unspecified atom stereocenters. The molecule has 0 saturated carbocycles. The van der Waals surface area contributed by atoms with E-state index in [0.29, 0.717) is 15.9 Å². The second-order valence-electron chi connectivity index (χ2n) is 1.14. The molecule has 0 aliphatic heterocycles. The van der Waals surface area contributed by atoms with Crippen molar-refractivity contribution in [2.75, 3.05) is 0 Å². The van der Waals surface area contributed by atoms with E-state index in [9.17, 15) is 4.79 Å². The van der Waals surface area contributed by atoms with Crippen LogP contribution in [0.25, 0.3) is 0 Å². The predicted molar refractivity (Wildman–Crippen MR) is 34.6 cm³/mol. The zero-order valence-corrected chi connectivity index (χ0v) is 5.95. The van der Waals surface area contributed by atoms with E-state index in [-0.39, 0.29) is 0 Å². The number of oxazole rings is 1. The minimum Gasteiger partial charge on any atom is -0.440 e. The van der Waals surface area contributed by atoms with Crippen LogP contribution in [0.15, 0.2) is 10.7 Å². The summed E-state index contributed by atoms with van der Waals surface area (Å²) in [6, 6.07) is 0. The van der Waals surface area contributed by atoms with E-state index in [4.69, 9.17) is 4.42 Å². The summed E-state index contributed by atoms with van der Waals surface area (Å²) in [4.78, 5) is 13.6. The Morgan fingerprint density at radius 3 is 2.88 bits per heavy atom. The van der Waals surface area contributed by atoms with Crippen molar-refractivity contribution in [3.05, 3.63) is 15.9 Å². The van der Waals surface area contributed by atoms with Crippen LogP contribution in [0.5, 0.6) is 0 Å². The Labute approximate surface area is 59.2 Å². The minimum absolute atomic E-state index is 0.342. The lowest BCUT2D eigenvalue weighted by molar-refractivity contribution is 0.111. The Hall–Kier alpha value is -0.390. The standard InChI is InChI=1S/C4H2INO2/c5-4-6-3(1-7)2-8-4/h1-2H. The first-order chi connectivity index (χ1) is 3.83. The van der Waals surface area contributed by atoms with Crippen molar-refractivity contribution in [1.82, 2.24) is 4.98 Å². The molecule has 1 rings (SSSR count). The maximum atomic E-state index is 9.89. The predicted octanol–water partition coefficient (Wildman–Crippen LogP) is 1.09. The normalized spacial score (nSPS) is 9.12. The van der Waals surface area contributed by atoms with Crippen molar-refractivity contribution in [3.8, 4) is 0 Å². The van der Waals surface area contributed by atoms with Gasteiger partial charge in [0.25, 0.3) is 3.90 Å². The molecule has 0 atom stereocenters. The molecule has 1 aromatic rings. The van der Waals surface area contributed by atoms with Gasteiger partial charge in [-0.25, -0.2) is 4.98 Å². The van der Waals surface area contributed by atoms with Gasteiger partial charge in [0.1, 0.15) is 12.0 Å². The Bertz CT molecular complexity index is 196. The highest BCUT2D eigenvalue weighted by Gasteiger charge is 1.94. The van der Waals surface area contributed by atoms with Crippen LogP contribution < -0.4 is 0 Å². The van der Waals surface area contributed by atoms with E-state index in [2.05, 4.69) is 4.98 Å². The van der Waals surface area contributed by atoms with Crippen molar-refractivity contribution < 1.29 is 9.21 Å². The molecular weight excluding hydrogens is 221 g/mol. The molecule has 0 aliphatic rings. The average molecular weight is 223 g/mol. The third-order valence-corrected chi connectivity index (χ3v) is 1.11. The van der Waals surface area contributed by atoms with Gasteiger partial charge in [-0.05, 0) is 0 Å². The first-order valence-electron chi connectivity index (χ1n) is 1.89. The number of aldehydes is 1. The lowest BCUT2D eigenvalue weighted by atomic mass is 10.6. The fraction of sp³-hybridized carbons (Fsp3) is 0. The fourth-order valence-electron chi connectivity index (χ4n) is 0.317. The van der Waals surface area contributed by atoms with Crippen molar-refractivity contribution in [3.63, 3.8) is 0 Å². The summed E-state index contributed by atoms with van der Waals surface area (Å²) >= 11 is 1.89. The maximum absolute atomic E-state index is 9.89. The summed E-state index contributed by atoms with van der Waals surface area (Å²) < 4.78 is 5.19. The van der Waals surface area contributed by atoms with Gasteiger partial charge >= 0.3 is 0 Å². The molecule has 1 aromatic heterocycles. The van der Waals surface area contributed by atoms with Crippen LogP contribution in [0.3, 0.4) is 0 Å². The van der Waals surface area contributed by atoms with E-state index < -0.39 is 0 Å². The third kappa shape index (κ3) is 1.06.